The summed E-state index contributed by atoms with van der Waals surface area (Å²) in [5.74, 6) is -0.460. The number of nitrogens with zero attached hydrogens (tertiary/aromatic N) is 4. The summed E-state index contributed by atoms with van der Waals surface area (Å²) >= 11 is 1.19. The SMILES string of the molecule is O=C(c1csnn1)N1CC[C@@H](C2CCN(Cc3cccc(F)c3F)CC2)C1. The fourth-order valence-electron chi connectivity index (χ4n) is 4.27. The minimum atomic E-state index is -0.784. The highest BCUT2D eigenvalue weighted by atomic mass is 32.1. The van der Waals surface area contributed by atoms with Gasteiger partial charge in [0, 0.05) is 30.6 Å². The van der Waals surface area contributed by atoms with E-state index in [0.717, 1.165) is 51.5 Å². The molecule has 4 rings (SSSR count). The highest BCUT2D eigenvalue weighted by Crippen LogP contribution is 2.33. The molecule has 27 heavy (non-hydrogen) atoms. The first-order valence-corrected chi connectivity index (χ1v) is 10.2. The zero-order valence-corrected chi connectivity index (χ0v) is 15.8. The molecule has 1 aromatic heterocycles. The van der Waals surface area contributed by atoms with Gasteiger partial charge < -0.3 is 4.90 Å². The number of amides is 1. The number of aromatic nitrogens is 2. The van der Waals surface area contributed by atoms with E-state index in [1.165, 1.54) is 11.5 Å². The Hall–Kier alpha value is -1.93. The Morgan fingerprint density at radius 3 is 2.67 bits per heavy atom. The number of carbonyl (C=O) groups is 1. The van der Waals surface area contributed by atoms with E-state index in [1.807, 2.05) is 4.90 Å². The van der Waals surface area contributed by atoms with Gasteiger partial charge in [0.2, 0.25) is 0 Å². The van der Waals surface area contributed by atoms with E-state index in [9.17, 15) is 13.6 Å². The van der Waals surface area contributed by atoms with Crippen molar-refractivity contribution in [2.24, 2.45) is 11.8 Å². The number of hydrogen-bond donors (Lipinski definition) is 0. The van der Waals surface area contributed by atoms with Crippen molar-refractivity contribution in [1.29, 1.82) is 0 Å². The van der Waals surface area contributed by atoms with Crippen LogP contribution >= 0.6 is 11.5 Å². The molecule has 2 aliphatic rings. The molecule has 0 aliphatic carbocycles. The lowest BCUT2D eigenvalue weighted by atomic mass is 9.83. The van der Waals surface area contributed by atoms with E-state index in [4.69, 9.17) is 0 Å². The van der Waals surface area contributed by atoms with Crippen LogP contribution in [0.5, 0.6) is 0 Å². The van der Waals surface area contributed by atoms with Crippen LogP contribution in [0.25, 0.3) is 0 Å². The number of likely N-dealkylation sites (tertiary alicyclic amines) is 2. The maximum absolute atomic E-state index is 13.9. The van der Waals surface area contributed by atoms with Crippen LogP contribution in [0, 0.1) is 23.5 Å². The number of carbonyl (C=O) groups excluding carboxylic acids is 1. The predicted molar refractivity (Wildman–Crippen MR) is 98.3 cm³/mol. The van der Waals surface area contributed by atoms with E-state index in [-0.39, 0.29) is 5.91 Å². The molecule has 3 heterocycles. The number of rotatable bonds is 4. The molecule has 0 spiro atoms. The second kappa shape index (κ2) is 7.98. The van der Waals surface area contributed by atoms with Crippen molar-refractivity contribution in [3.05, 3.63) is 46.5 Å². The van der Waals surface area contributed by atoms with Gasteiger partial charge in [-0.3, -0.25) is 9.69 Å². The lowest BCUT2D eigenvalue weighted by Crippen LogP contribution is -2.37. The molecule has 5 nitrogen and oxygen atoms in total. The number of halogens is 2. The van der Waals surface area contributed by atoms with Crippen LogP contribution in [0.1, 0.15) is 35.3 Å². The fourth-order valence-corrected chi connectivity index (χ4v) is 4.70. The molecule has 0 saturated carbocycles. The van der Waals surface area contributed by atoms with Gasteiger partial charge in [-0.2, -0.15) is 0 Å². The van der Waals surface area contributed by atoms with Crippen LogP contribution in [0.2, 0.25) is 0 Å². The molecule has 0 N–H and O–H groups in total. The third-order valence-corrected chi connectivity index (χ3v) is 6.32. The van der Waals surface area contributed by atoms with Crippen molar-refractivity contribution in [3.8, 4) is 0 Å². The van der Waals surface area contributed by atoms with E-state index in [0.29, 0.717) is 29.6 Å². The molecule has 2 aliphatic heterocycles. The van der Waals surface area contributed by atoms with Crippen LogP contribution in [0.3, 0.4) is 0 Å². The van der Waals surface area contributed by atoms with Crippen LogP contribution in [0.4, 0.5) is 8.78 Å². The normalized spacial score (nSPS) is 21.7. The maximum atomic E-state index is 13.9. The molecule has 0 unspecified atom stereocenters. The molecule has 1 aromatic carbocycles. The summed E-state index contributed by atoms with van der Waals surface area (Å²) in [6.07, 6.45) is 3.08. The molecule has 0 radical (unpaired) electrons. The van der Waals surface area contributed by atoms with E-state index >= 15 is 0 Å². The highest BCUT2D eigenvalue weighted by Gasteiger charge is 2.34. The van der Waals surface area contributed by atoms with Gasteiger partial charge in [0.1, 0.15) is 0 Å². The van der Waals surface area contributed by atoms with Crippen LogP contribution in [0.15, 0.2) is 23.6 Å². The highest BCUT2D eigenvalue weighted by molar-refractivity contribution is 7.03. The molecular weight excluding hydrogens is 370 g/mol. The molecule has 1 amide bonds. The van der Waals surface area contributed by atoms with E-state index in [1.54, 1.807) is 17.5 Å². The summed E-state index contributed by atoms with van der Waals surface area (Å²) in [4.78, 5) is 16.5. The standard InChI is InChI=1S/C19H22F2N4OS/c20-16-3-1-2-15(18(16)21)10-24-7-4-13(5-8-24)14-6-9-25(11-14)19(26)17-12-27-23-22-17/h1-3,12-14H,4-11H2/t14-/m1/s1. The first-order valence-electron chi connectivity index (χ1n) is 9.33. The number of piperidine rings is 1. The Morgan fingerprint density at radius 1 is 1.15 bits per heavy atom. The van der Waals surface area contributed by atoms with Crippen molar-refractivity contribution >= 4 is 17.4 Å². The van der Waals surface area contributed by atoms with Crippen molar-refractivity contribution < 1.29 is 13.6 Å². The average molecular weight is 392 g/mol. The summed E-state index contributed by atoms with van der Waals surface area (Å²) in [5, 5.41) is 5.57. The van der Waals surface area contributed by atoms with Crippen LogP contribution in [-0.4, -0.2) is 51.5 Å². The van der Waals surface area contributed by atoms with Crippen molar-refractivity contribution in [2.75, 3.05) is 26.2 Å². The van der Waals surface area contributed by atoms with Gasteiger partial charge in [-0.15, -0.1) is 5.10 Å². The quantitative estimate of drug-likeness (QED) is 0.802. The monoisotopic (exact) mass is 392 g/mol. The third-order valence-electron chi connectivity index (χ3n) is 5.82. The molecule has 2 fully saturated rings. The zero-order valence-electron chi connectivity index (χ0n) is 15.0. The van der Waals surface area contributed by atoms with E-state index in [2.05, 4.69) is 14.5 Å². The second-order valence-corrected chi connectivity index (χ2v) is 8.03. The molecule has 1 atom stereocenters. The maximum Gasteiger partial charge on any atom is 0.275 e. The Morgan fingerprint density at radius 2 is 1.93 bits per heavy atom. The summed E-state index contributed by atoms with van der Waals surface area (Å²) in [6, 6.07) is 4.36. The van der Waals surface area contributed by atoms with Gasteiger partial charge in [-0.05, 0) is 61.8 Å². The zero-order chi connectivity index (χ0) is 18.8. The smallest absolute Gasteiger partial charge is 0.275 e. The Balaban J connectivity index is 1.28. The van der Waals surface area contributed by atoms with Gasteiger partial charge in [0.15, 0.2) is 17.3 Å². The minimum Gasteiger partial charge on any atom is -0.337 e. The first-order chi connectivity index (χ1) is 13.1. The van der Waals surface area contributed by atoms with Gasteiger partial charge in [0.05, 0.1) is 0 Å². The molecule has 2 saturated heterocycles. The largest absolute Gasteiger partial charge is 0.337 e. The minimum absolute atomic E-state index is 0.0229. The van der Waals surface area contributed by atoms with Gasteiger partial charge >= 0.3 is 0 Å². The first kappa shape index (κ1) is 18.4. The lowest BCUT2D eigenvalue weighted by Gasteiger charge is -2.34. The van der Waals surface area contributed by atoms with Crippen molar-refractivity contribution in [1.82, 2.24) is 19.4 Å². The van der Waals surface area contributed by atoms with Crippen LogP contribution in [-0.2, 0) is 6.54 Å². The fraction of sp³-hybridized carbons (Fsp3) is 0.526. The molecule has 8 heteroatoms. The van der Waals surface area contributed by atoms with Gasteiger partial charge in [-0.1, -0.05) is 16.6 Å². The predicted octanol–water partition coefficient (Wildman–Crippen LogP) is 3.19. The topological polar surface area (TPSA) is 49.3 Å². The molecule has 0 bridgehead atoms. The van der Waals surface area contributed by atoms with Crippen molar-refractivity contribution in [2.45, 2.75) is 25.8 Å². The average Bonchev–Trinajstić information content (AvgIpc) is 3.38. The van der Waals surface area contributed by atoms with E-state index < -0.39 is 11.6 Å². The number of benzene rings is 1. The Bertz CT molecular complexity index is 793. The summed E-state index contributed by atoms with van der Waals surface area (Å²) in [7, 11) is 0. The van der Waals surface area contributed by atoms with Crippen molar-refractivity contribution in [3.63, 3.8) is 0 Å². The lowest BCUT2D eigenvalue weighted by molar-refractivity contribution is 0.0767. The summed E-state index contributed by atoms with van der Waals surface area (Å²) in [6.45, 7) is 3.75. The van der Waals surface area contributed by atoms with Gasteiger partial charge in [-0.25, -0.2) is 8.78 Å². The molecule has 2 aromatic rings. The molecular formula is C19H22F2N4OS. The Kier molecular flexibility index (Phi) is 5.45. The summed E-state index contributed by atoms with van der Waals surface area (Å²) < 4.78 is 31.0. The van der Waals surface area contributed by atoms with Crippen LogP contribution < -0.4 is 0 Å². The molecule has 144 valence electrons. The van der Waals surface area contributed by atoms with Gasteiger partial charge in [0.25, 0.3) is 5.91 Å². The Labute approximate surface area is 161 Å². The third kappa shape index (κ3) is 4.01. The number of hydrogen-bond acceptors (Lipinski definition) is 5. The second-order valence-electron chi connectivity index (χ2n) is 7.42. The summed E-state index contributed by atoms with van der Waals surface area (Å²) in [5.41, 5.74) is 0.857.